The number of amides is 1. The van der Waals surface area contributed by atoms with Gasteiger partial charge in [0, 0.05) is 32.5 Å². The van der Waals surface area contributed by atoms with Crippen LogP contribution in [-0.4, -0.2) is 50.8 Å². The zero-order chi connectivity index (χ0) is 21.7. The number of thiocarbonyl (C=S) groups is 1. The normalized spacial score (nSPS) is 15.4. The van der Waals surface area contributed by atoms with E-state index in [1.54, 1.807) is 29.3 Å². The molecule has 0 radical (unpaired) electrons. The number of nitrogens with one attached hydrogen (secondary N) is 1. The maximum atomic E-state index is 13.2. The quantitative estimate of drug-likeness (QED) is 0.275. The summed E-state index contributed by atoms with van der Waals surface area (Å²) in [5.41, 5.74) is 1.52. The average molecular weight is 445 g/mol. The molecular weight excluding hydrogens is 420 g/mol. The van der Waals surface area contributed by atoms with Crippen LogP contribution in [0.4, 0.5) is 5.82 Å². The van der Waals surface area contributed by atoms with Gasteiger partial charge in [-0.1, -0.05) is 36.1 Å². The maximum Gasteiger partial charge on any atom is 0.267 e. The van der Waals surface area contributed by atoms with Crippen LogP contribution in [-0.2, 0) is 9.53 Å². The topological polar surface area (TPSA) is 75.9 Å². The van der Waals surface area contributed by atoms with Crippen molar-refractivity contribution in [2.24, 2.45) is 0 Å². The van der Waals surface area contributed by atoms with E-state index < -0.39 is 0 Å². The van der Waals surface area contributed by atoms with Crippen LogP contribution in [0.25, 0.3) is 11.7 Å². The SMILES string of the molecule is C=CCNc1nc2ccc(C)cn2c(=O)c1/C=C1/SC(=S)N(CCCOCC)C1=O. The van der Waals surface area contributed by atoms with Crippen molar-refractivity contribution in [1.29, 1.82) is 0 Å². The molecule has 1 fully saturated rings. The van der Waals surface area contributed by atoms with Crippen molar-refractivity contribution in [3.63, 3.8) is 0 Å². The molecule has 3 heterocycles. The minimum Gasteiger partial charge on any atom is -0.382 e. The highest BCUT2D eigenvalue weighted by molar-refractivity contribution is 8.26. The van der Waals surface area contributed by atoms with E-state index in [0.717, 1.165) is 5.56 Å². The van der Waals surface area contributed by atoms with Crippen molar-refractivity contribution in [2.45, 2.75) is 20.3 Å². The van der Waals surface area contributed by atoms with Crippen molar-refractivity contribution in [2.75, 3.05) is 31.6 Å². The first-order valence-corrected chi connectivity index (χ1v) is 10.9. The largest absolute Gasteiger partial charge is 0.382 e. The second-order valence-corrected chi connectivity index (χ2v) is 8.34. The van der Waals surface area contributed by atoms with Crippen LogP contribution in [0.3, 0.4) is 0 Å². The van der Waals surface area contributed by atoms with E-state index in [4.69, 9.17) is 17.0 Å². The van der Waals surface area contributed by atoms with Crippen LogP contribution in [0, 0.1) is 6.92 Å². The zero-order valence-electron chi connectivity index (χ0n) is 17.0. The molecule has 1 aliphatic heterocycles. The highest BCUT2D eigenvalue weighted by atomic mass is 32.2. The van der Waals surface area contributed by atoms with Gasteiger partial charge in [-0.3, -0.25) is 18.9 Å². The van der Waals surface area contributed by atoms with Crippen LogP contribution in [0.5, 0.6) is 0 Å². The van der Waals surface area contributed by atoms with Gasteiger partial charge in [0.25, 0.3) is 11.5 Å². The molecule has 0 saturated carbocycles. The lowest BCUT2D eigenvalue weighted by molar-refractivity contribution is -0.122. The van der Waals surface area contributed by atoms with Gasteiger partial charge >= 0.3 is 0 Å². The molecular formula is C21H24N4O3S2. The van der Waals surface area contributed by atoms with E-state index >= 15 is 0 Å². The molecule has 0 aromatic carbocycles. The predicted octanol–water partition coefficient (Wildman–Crippen LogP) is 3.23. The Kier molecular flexibility index (Phi) is 7.41. The number of hydrogen-bond acceptors (Lipinski definition) is 7. The first-order valence-electron chi connectivity index (χ1n) is 9.67. The number of fused-ring (bicyclic) bond motifs is 1. The minimum absolute atomic E-state index is 0.204. The van der Waals surface area contributed by atoms with Crippen LogP contribution in [0.15, 0.2) is 40.7 Å². The summed E-state index contributed by atoms with van der Waals surface area (Å²) in [5, 5.41) is 3.10. The number of thioether (sulfide) groups is 1. The number of aryl methyl sites for hydroxylation is 1. The zero-order valence-corrected chi connectivity index (χ0v) is 18.6. The summed E-state index contributed by atoms with van der Waals surface area (Å²) >= 11 is 6.57. The Morgan fingerprint density at radius 3 is 2.90 bits per heavy atom. The summed E-state index contributed by atoms with van der Waals surface area (Å²) in [6.45, 7) is 9.66. The third-order valence-corrected chi connectivity index (χ3v) is 5.82. The maximum absolute atomic E-state index is 13.2. The highest BCUT2D eigenvalue weighted by Crippen LogP contribution is 2.33. The van der Waals surface area contributed by atoms with Gasteiger partial charge in [-0.05, 0) is 38.0 Å². The standard InChI is InChI=1S/C21H24N4O3S2/c1-4-9-22-18-15(19(26)25-13-14(3)7-8-17(25)23-18)12-16-20(27)24(21(29)30-16)10-6-11-28-5-2/h4,7-8,12-13,22H,1,5-6,9-11H2,2-3H3/b16-12+. The van der Waals surface area contributed by atoms with Gasteiger partial charge in [0.15, 0.2) is 0 Å². The summed E-state index contributed by atoms with van der Waals surface area (Å²) in [6.07, 6.45) is 5.69. The molecule has 2 aromatic heterocycles. The van der Waals surface area contributed by atoms with Crippen molar-refractivity contribution >= 4 is 51.7 Å². The first kappa shape index (κ1) is 22.2. The number of carbonyl (C=O) groups excluding carboxylic acids is 1. The van der Waals surface area contributed by atoms with Crippen molar-refractivity contribution in [1.82, 2.24) is 14.3 Å². The van der Waals surface area contributed by atoms with Crippen LogP contribution in [0.2, 0.25) is 0 Å². The van der Waals surface area contributed by atoms with Gasteiger partial charge in [-0.15, -0.1) is 6.58 Å². The summed E-state index contributed by atoms with van der Waals surface area (Å²) in [4.78, 5) is 32.6. The molecule has 3 rings (SSSR count). The van der Waals surface area contributed by atoms with E-state index in [0.29, 0.717) is 59.0 Å². The third-order valence-electron chi connectivity index (χ3n) is 4.44. The number of ether oxygens (including phenoxy) is 1. The second-order valence-electron chi connectivity index (χ2n) is 6.67. The summed E-state index contributed by atoms with van der Waals surface area (Å²) < 4.78 is 7.30. The van der Waals surface area contributed by atoms with Crippen molar-refractivity contribution in [3.8, 4) is 0 Å². The molecule has 9 heteroatoms. The van der Waals surface area contributed by atoms with Gasteiger partial charge in [0.1, 0.15) is 15.8 Å². The van der Waals surface area contributed by atoms with Gasteiger partial charge in [-0.25, -0.2) is 4.98 Å². The Hall–Kier alpha value is -2.49. The van der Waals surface area contributed by atoms with Crippen LogP contribution in [0.1, 0.15) is 24.5 Å². The highest BCUT2D eigenvalue weighted by Gasteiger charge is 2.32. The monoisotopic (exact) mass is 444 g/mol. The minimum atomic E-state index is -0.253. The molecule has 0 unspecified atom stereocenters. The van der Waals surface area contributed by atoms with E-state index in [1.807, 2.05) is 19.9 Å². The molecule has 0 aliphatic carbocycles. The molecule has 1 saturated heterocycles. The Labute approximate surface area is 184 Å². The van der Waals surface area contributed by atoms with Gasteiger partial charge in [-0.2, -0.15) is 0 Å². The Morgan fingerprint density at radius 2 is 2.17 bits per heavy atom. The molecule has 30 heavy (non-hydrogen) atoms. The summed E-state index contributed by atoms with van der Waals surface area (Å²) in [7, 11) is 0. The average Bonchev–Trinajstić information content (AvgIpc) is 2.99. The van der Waals surface area contributed by atoms with E-state index in [-0.39, 0.29) is 11.5 Å². The van der Waals surface area contributed by atoms with E-state index in [9.17, 15) is 9.59 Å². The fourth-order valence-corrected chi connectivity index (χ4v) is 4.28. The molecule has 1 N–H and O–H groups in total. The number of pyridine rings is 1. The lowest BCUT2D eigenvalue weighted by atomic mass is 10.2. The Morgan fingerprint density at radius 1 is 1.37 bits per heavy atom. The molecule has 1 amide bonds. The molecule has 7 nitrogen and oxygen atoms in total. The number of anilines is 1. The molecule has 0 spiro atoms. The Bertz CT molecular complexity index is 1080. The van der Waals surface area contributed by atoms with Gasteiger partial charge in [0.2, 0.25) is 0 Å². The predicted molar refractivity (Wildman–Crippen MR) is 126 cm³/mol. The smallest absolute Gasteiger partial charge is 0.267 e. The Balaban J connectivity index is 1.98. The van der Waals surface area contributed by atoms with Crippen molar-refractivity contribution < 1.29 is 9.53 Å². The summed E-state index contributed by atoms with van der Waals surface area (Å²) in [5.74, 6) is 0.204. The second kappa shape index (κ2) is 10.0. The molecule has 0 atom stereocenters. The molecule has 0 bridgehead atoms. The fraction of sp³-hybridized carbons (Fsp3) is 0.333. The molecule has 158 valence electrons. The van der Waals surface area contributed by atoms with Gasteiger partial charge in [0.05, 0.1) is 10.5 Å². The first-order chi connectivity index (χ1) is 14.5. The number of carbonyl (C=O) groups is 1. The third kappa shape index (κ3) is 4.80. The fourth-order valence-electron chi connectivity index (χ4n) is 2.99. The van der Waals surface area contributed by atoms with Gasteiger partial charge < -0.3 is 10.1 Å². The number of hydrogen-bond donors (Lipinski definition) is 1. The lowest BCUT2D eigenvalue weighted by Crippen LogP contribution is -2.29. The number of aromatic nitrogens is 2. The van der Waals surface area contributed by atoms with Crippen molar-refractivity contribution in [3.05, 3.63) is 57.4 Å². The lowest BCUT2D eigenvalue weighted by Gasteiger charge is -2.14. The van der Waals surface area contributed by atoms with Crippen LogP contribution < -0.4 is 10.9 Å². The number of rotatable bonds is 9. The van der Waals surface area contributed by atoms with Crippen LogP contribution >= 0.6 is 24.0 Å². The summed E-state index contributed by atoms with van der Waals surface area (Å²) in [6, 6.07) is 3.68. The van der Waals surface area contributed by atoms with E-state index in [2.05, 4.69) is 16.9 Å². The number of nitrogens with zero attached hydrogens (tertiary/aromatic N) is 3. The molecule has 2 aromatic rings. The molecule has 1 aliphatic rings. The van der Waals surface area contributed by atoms with E-state index in [1.165, 1.54) is 16.2 Å².